The molecule has 1 amide bonds. The van der Waals surface area contributed by atoms with Gasteiger partial charge in [-0.2, -0.15) is 4.98 Å². The van der Waals surface area contributed by atoms with Crippen molar-refractivity contribution in [2.45, 2.75) is 13.0 Å². The van der Waals surface area contributed by atoms with Crippen LogP contribution in [0.2, 0.25) is 0 Å². The van der Waals surface area contributed by atoms with E-state index in [4.69, 9.17) is 5.73 Å². The number of carbonyl (C=O) groups excluding carboxylic acids is 1. The first kappa shape index (κ1) is 14.6. The quantitative estimate of drug-likeness (QED) is 0.769. The zero-order chi connectivity index (χ0) is 16.7. The lowest BCUT2D eigenvalue weighted by Crippen LogP contribution is -2.31. The third kappa shape index (κ3) is 2.30. The number of hydrogen-bond acceptors (Lipinski definition) is 5. The lowest BCUT2D eigenvalue weighted by atomic mass is 9.95. The molecule has 0 bridgehead atoms. The first-order valence-corrected chi connectivity index (χ1v) is 8.36. The number of anilines is 1. The molecule has 7 heteroatoms. The maximum atomic E-state index is 12.1. The average molecular weight is 337 g/mol. The van der Waals surface area contributed by atoms with Gasteiger partial charge < -0.3 is 11.1 Å². The predicted octanol–water partition coefficient (Wildman–Crippen LogP) is 2.78. The zero-order valence-electron chi connectivity index (χ0n) is 12.9. The van der Waals surface area contributed by atoms with E-state index < -0.39 is 5.91 Å². The van der Waals surface area contributed by atoms with Gasteiger partial charge in [0.15, 0.2) is 5.82 Å². The minimum Gasteiger partial charge on any atom is -0.366 e. The second-order valence-corrected chi connectivity index (χ2v) is 6.47. The molecule has 0 spiro atoms. The highest BCUT2D eigenvalue weighted by Crippen LogP contribution is 2.36. The minimum absolute atomic E-state index is 0.388. The van der Waals surface area contributed by atoms with Crippen molar-refractivity contribution in [2.75, 3.05) is 5.32 Å². The number of amides is 1. The molecule has 0 unspecified atom stereocenters. The van der Waals surface area contributed by atoms with E-state index in [1.54, 1.807) is 16.0 Å². The van der Waals surface area contributed by atoms with E-state index in [0.717, 1.165) is 10.4 Å². The van der Waals surface area contributed by atoms with Gasteiger partial charge in [0, 0.05) is 5.70 Å². The maximum absolute atomic E-state index is 12.1. The fourth-order valence-electron chi connectivity index (χ4n) is 2.92. The van der Waals surface area contributed by atoms with E-state index in [9.17, 15) is 4.79 Å². The van der Waals surface area contributed by atoms with Crippen LogP contribution in [-0.2, 0) is 4.79 Å². The molecule has 1 aliphatic rings. The summed E-state index contributed by atoms with van der Waals surface area (Å²) in [6.45, 7) is 1.83. The lowest BCUT2D eigenvalue weighted by Gasteiger charge is -2.27. The molecule has 4 rings (SSSR count). The molecule has 3 N–H and O–H groups in total. The van der Waals surface area contributed by atoms with E-state index in [-0.39, 0.29) is 6.04 Å². The third-order valence-corrected chi connectivity index (χ3v) is 4.84. The van der Waals surface area contributed by atoms with Crippen LogP contribution in [0.5, 0.6) is 0 Å². The number of fused-ring (bicyclic) bond motifs is 1. The largest absolute Gasteiger partial charge is 0.366 e. The Morgan fingerprint density at radius 2 is 2.04 bits per heavy atom. The second kappa shape index (κ2) is 5.61. The minimum atomic E-state index is -0.465. The van der Waals surface area contributed by atoms with Crippen molar-refractivity contribution in [3.63, 3.8) is 0 Å². The van der Waals surface area contributed by atoms with Crippen LogP contribution in [0.1, 0.15) is 18.5 Å². The fraction of sp³-hybridized carbons (Fsp3) is 0.118. The van der Waals surface area contributed by atoms with Crippen molar-refractivity contribution in [3.8, 4) is 10.7 Å². The Labute approximate surface area is 142 Å². The molecule has 1 atom stereocenters. The monoisotopic (exact) mass is 337 g/mol. The molecule has 0 saturated heterocycles. The van der Waals surface area contributed by atoms with Crippen molar-refractivity contribution in [1.82, 2.24) is 14.8 Å². The predicted molar refractivity (Wildman–Crippen MR) is 93.4 cm³/mol. The molecule has 0 saturated carbocycles. The van der Waals surface area contributed by atoms with E-state index in [1.807, 2.05) is 54.8 Å². The Bertz CT molecular complexity index is 927. The number of carbonyl (C=O) groups is 1. The van der Waals surface area contributed by atoms with E-state index in [0.29, 0.717) is 23.0 Å². The summed E-state index contributed by atoms with van der Waals surface area (Å²) >= 11 is 1.57. The Balaban J connectivity index is 1.90. The molecule has 0 aliphatic carbocycles. The molecule has 2 aromatic heterocycles. The summed E-state index contributed by atoms with van der Waals surface area (Å²) in [7, 11) is 0. The third-order valence-electron chi connectivity index (χ3n) is 3.97. The molecule has 1 aromatic carbocycles. The fourth-order valence-corrected chi connectivity index (χ4v) is 3.58. The number of aromatic nitrogens is 3. The number of thiophene rings is 1. The summed E-state index contributed by atoms with van der Waals surface area (Å²) in [4.78, 5) is 17.6. The molecule has 120 valence electrons. The summed E-state index contributed by atoms with van der Waals surface area (Å²) in [5.74, 6) is 0.773. The van der Waals surface area contributed by atoms with Crippen LogP contribution >= 0.6 is 11.3 Å². The van der Waals surface area contributed by atoms with Crippen LogP contribution in [0.25, 0.3) is 10.7 Å². The average Bonchev–Trinajstić information content (AvgIpc) is 3.23. The van der Waals surface area contributed by atoms with Gasteiger partial charge in [0.1, 0.15) is 6.04 Å². The number of nitrogens with zero attached hydrogens (tertiary/aromatic N) is 3. The van der Waals surface area contributed by atoms with Gasteiger partial charge in [-0.25, -0.2) is 4.68 Å². The van der Waals surface area contributed by atoms with E-state index in [1.165, 1.54) is 0 Å². The van der Waals surface area contributed by atoms with Crippen molar-refractivity contribution < 1.29 is 4.79 Å². The van der Waals surface area contributed by atoms with Gasteiger partial charge in [0.05, 0.1) is 10.5 Å². The molecule has 0 radical (unpaired) electrons. The molecular weight excluding hydrogens is 322 g/mol. The number of rotatable bonds is 3. The normalized spacial score (nSPS) is 16.6. The molecule has 1 aliphatic heterocycles. The van der Waals surface area contributed by atoms with Gasteiger partial charge in [-0.15, -0.1) is 16.4 Å². The van der Waals surface area contributed by atoms with Crippen LogP contribution in [0.15, 0.2) is 59.1 Å². The van der Waals surface area contributed by atoms with Crippen LogP contribution in [0, 0.1) is 0 Å². The van der Waals surface area contributed by atoms with Gasteiger partial charge in [0.25, 0.3) is 0 Å². The molecule has 3 aromatic rings. The molecule has 3 heterocycles. The Hall–Kier alpha value is -2.93. The highest BCUT2D eigenvalue weighted by atomic mass is 32.1. The second-order valence-electron chi connectivity index (χ2n) is 5.52. The SMILES string of the molecule is CC1=C(C(N)=O)[C@H](c2ccccc2)n2nc(-c3cccs3)nc2N1. The van der Waals surface area contributed by atoms with E-state index >= 15 is 0 Å². The summed E-state index contributed by atoms with van der Waals surface area (Å²) in [6.07, 6.45) is 0. The first-order chi connectivity index (χ1) is 11.6. The highest BCUT2D eigenvalue weighted by Gasteiger charge is 2.33. The summed E-state index contributed by atoms with van der Waals surface area (Å²) in [5.41, 5.74) is 7.79. The molecular formula is C17H15N5OS. The van der Waals surface area contributed by atoms with Crippen LogP contribution < -0.4 is 11.1 Å². The Kier molecular flexibility index (Phi) is 3.42. The molecule has 6 nitrogen and oxygen atoms in total. The maximum Gasteiger partial charge on any atom is 0.248 e. The van der Waals surface area contributed by atoms with E-state index in [2.05, 4.69) is 15.4 Å². The van der Waals surface area contributed by atoms with Crippen molar-refractivity contribution in [1.29, 1.82) is 0 Å². The number of hydrogen-bond donors (Lipinski definition) is 2. The smallest absolute Gasteiger partial charge is 0.248 e. The lowest BCUT2D eigenvalue weighted by molar-refractivity contribution is -0.115. The molecule has 0 fully saturated rings. The number of benzene rings is 1. The zero-order valence-corrected chi connectivity index (χ0v) is 13.7. The van der Waals surface area contributed by atoms with Crippen molar-refractivity contribution in [2.24, 2.45) is 5.73 Å². The standard InChI is InChI=1S/C17H15N5OS/c1-10-13(15(18)23)14(11-6-3-2-4-7-11)22-17(19-10)20-16(21-22)12-8-5-9-24-12/h2-9,14H,1H3,(H2,18,23)(H,19,20,21)/t14-/m0/s1. The van der Waals surface area contributed by atoms with Crippen LogP contribution in [0.3, 0.4) is 0 Å². The number of allylic oxidation sites excluding steroid dienone is 1. The van der Waals surface area contributed by atoms with Gasteiger partial charge in [-0.3, -0.25) is 4.79 Å². The van der Waals surface area contributed by atoms with Crippen LogP contribution in [-0.4, -0.2) is 20.7 Å². The van der Waals surface area contributed by atoms with Gasteiger partial charge in [-0.05, 0) is 23.9 Å². The number of nitrogens with two attached hydrogens (primary N) is 1. The highest BCUT2D eigenvalue weighted by molar-refractivity contribution is 7.13. The van der Waals surface area contributed by atoms with Crippen molar-refractivity contribution >= 4 is 23.2 Å². The molecule has 24 heavy (non-hydrogen) atoms. The van der Waals surface area contributed by atoms with Crippen molar-refractivity contribution in [3.05, 3.63) is 64.7 Å². The Morgan fingerprint density at radius 1 is 1.25 bits per heavy atom. The van der Waals surface area contributed by atoms with Crippen LogP contribution in [0.4, 0.5) is 5.95 Å². The topological polar surface area (TPSA) is 85.8 Å². The summed E-state index contributed by atoms with van der Waals surface area (Å²) in [5, 5.41) is 9.76. The van der Waals surface area contributed by atoms with Gasteiger partial charge >= 0.3 is 0 Å². The number of nitrogens with one attached hydrogen (secondary N) is 1. The Morgan fingerprint density at radius 3 is 2.71 bits per heavy atom. The summed E-state index contributed by atoms with van der Waals surface area (Å²) < 4.78 is 1.73. The summed E-state index contributed by atoms with van der Waals surface area (Å²) in [6, 6.07) is 13.3. The first-order valence-electron chi connectivity index (χ1n) is 7.48. The van der Waals surface area contributed by atoms with Gasteiger partial charge in [0.2, 0.25) is 11.9 Å². The van der Waals surface area contributed by atoms with Gasteiger partial charge in [-0.1, -0.05) is 36.4 Å². The number of primary amides is 1.